The fourth-order valence-corrected chi connectivity index (χ4v) is 7.37. The molecule has 0 bridgehead atoms. The number of nitrogens with two attached hydrogens (primary N) is 1. The second kappa shape index (κ2) is 41.6. The first-order valence-electron chi connectivity index (χ1n) is 27.5. The van der Waals surface area contributed by atoms with Crippen LogP contribution in [0.25, 0.3) is 17.2 Å². The van der Waals surface area contributed by atoms with Gasteiger partial charge in [0.15, 0.2) is 0 Å². The van der Waals surface area contributed by atoms with E-state index in [0.29, 0.717) is 168 Å². The molecular formula is C55H83N9O17. The SMILES string of the molecule is CCCN(CCCNC(=O)OC(C)C)C(=O)C1=Cc2ccc(-c3cnc(CNC(=O)CCOCCOCCOCCOCCOCCOCCOCCOCCOCCOCCNC(=O)CN4C(=O)C=CC4=O)nc3)cc2N=C(N)C1. The highest BCUT2D eigenvalue weighted by molar-refractivity contribution is 6.14. The van der Waals surface area contributed by atoms with Crippen molar-refractivity contribution in [1.82, 2.24) is 35.7 Å². The fraction of sp³-hybridized carbons (Fsp3) is 0.618. The minimum absolute atomic E-state index is 0.123. The van der Waals surface area contributed by atoms with Gasteiger partial charge >= 0.3 is 6.09 Å². The van der Waals surface area contributed by atoms with Crippen molar-refractivity contribution in [3.63, 3.8) is 0 Å². The topological polar surface area (TPSA) is 311 Å². The van der Waals surface area contributed by atoms with E-state index >= 15 is 0 Å². The van der Waals surface area contributed by atoms with Gasteiger partial charge in [-0.15, -0.1) is 0 Å². The fourth-order valence-electron chi connectivity index (χ4n) is 7.37. The average molecular weight is 1140 g/mol. The predicted octanol–water partition coefficient (Wildman–Crippen LogP) is 1.90. The number of carbonyl (C=O) groups excluding carboxylic acids is 6. The van der Waals surface area contributed by atoms with E-state index in [-0.39, 0.29) is 63.6 Å². The number of ether oxygens (including phenoxy) is 11. The van der Waals surface area contributed by atoms with Crippen LogP contribution in [0.15, 0.2) is 53.3 Å². The molecule has 26 heteroatoms. The monoisotopic (exact) mass is 1140 g/mol. The molecule has 0 atom stereocenters. The third kappa shape index (κ3) is 29.8. The molecule has 0 radical (unpaired) electrons. The highest BCUT2D eigenvalue weighted by Gasteiger charge is 2.26. The molecule has 81 heavy (non-hydrogen) atoms. The first-order valence-corrected chi connectivity index (χ1v) is 27.5. The Morgan fingerprint density at radius 3 is 1.64 bits per heavy atom. The van der Waals surface area contributed by atoms with Gasteiger partial charge in [0.05, 0.1) is 150 Å². The molecule has 1 aromatic carbocycles. The van der Waals surface area contributed by atoms with Gasteiger partial charge in [0.25, 0.3) is 11.8 Å². The van der Waals surface area contributed by atoms with Crippen LogP contribution < -0.4 is 21.7 Å². The maximum atomic E-state index is 13.7. The highest BCUT2D eigenvalue weighted by Crippen LogP contribution is 2.32. The third-order valence-electron chi connectivity index (χ3n) is 11.3. The highest BCUT2D eigenvalue weighted by atomic mass is 16.6. The molecule has 5 N–H and O–H groups in total. The van der Waals surface area contributed by atoms with Gasteiger partial charge in [0.2, 0.25) is 17.7 Å². The molecule has 6 amide bonds. The Bertz CT molecular complexity index is 2270. The van der Waals surface area contributed by atoms with Gasteiger partial charge in [-0.05, 0) is 44.4 Å². The second-order valence-electron chi connectivity index (χ2n) is 18.2. The van der Waals surface area contributed by atoms with E-state index < -0.39 is 23.8 Å². The smallest absolute Gasteiger partial charge is 0.407 e. The second-order valence-corrected chi connectivity index (χ2v) is 18.2. The van der Waals surface area contributed by atoms with Crippen LogP contribution in [0, 0.1) is 0 Å². The molecule has 0 saturated carbocycles. The summed E-state index contributed by atoms with van der Waals surface area (Å²) in [4.78, 5) is 88.9. The Morgan fingerprint density at radius 1 is 0.630 bits per heavy atom. The molecule has 2 aromatic rings. The zero-order valence-electron chi connectivity index (χ0n) is 47.2. The van der Waals surface area contributed by atoms with Gasteiger partial charge in [0, 0.05) is 80.3 Å². The van der Waals surface area contributed by atoms with Crippen molar-refractivity contribution in [2.45, 2.75) is 59.1 Å². The number of nitrogens with one attached hydrogen (secondary N) is 3. The number of nitrogens with zero attached hydrogens (tertiary/aromatic N) is 5. The van der Waals surface area contributed by atoms with Crippen LogP contribution in [0.4, 0.5) is 10.5 Å². The van der Waals surface area contributed by atoms with Crippen LogP contribution in [0.5, 0.6) is 0 Å². The third-order valence-corrected chi connectivity index (χ3v) is 11.3. The standard InChI is InChI=1S/C55H83N9O17/c1-4-13-63(14-5-11-58-55(70)81-42(2)3)54(69)45-35-44-7-6-43(36-47(44)62-48(56)37-45)46-38-59-49(60-39-46)40-61-50(65)10-15-71-17-19-73-21-23-75-25-27-77-29-31-79-33-34-80-32-30-78-28-26-76-24-22-74-20-18-72-16-12-57-51(66)41-64-52(67)8-9-53(64)68/h6-9,35-36,38-39,42H,4-5,10-34,37,40-41H2,1-3H3,(H2,56,62)(H,57,66)(H,58,70)(H,61,65). The van der Waals surface area contributed by atoms with E-state index in [1.54, 1.807) is 31.1 Å². The maximum Gasteiger partial charge on any atom is 0.407 e. The summed E-state index contributed by atoms with van der Waals surface area (Å²) in [6, 6.07) is 5.68. The number of fused-ring (bicyclic) bond motifs is 1. The number of carbonyl (C=O) groups is 6. The van der Waals surface area contributed by atoms with E-state index in [2.05, 4.69) is 30.9 Å². The number of rotatable bonds is 46. The Balaban J connectivity index is 0.883. The number of amidine groups is 1. The van der Waals surface area contributed by atoms with E-state index in [1.807, 2.05) is 31.2 Å². The van der Waals surface area contributed by atoms with Gasteiger partial charge in [-0.25, -0.2) is 19.8 Å². The summed E-state index contributed by atoms with van der Waals surface area (Å²) in [7, 11) is 0. The molecule has 0 saturated heterocycles. The Kier molecular flexibility index (Phi) is 34.5. The largest absolute Gasteiger partial charge is 0.447 e. The van der Waals surface area contributed by atoms with Crippen molar-refractivity contribution in [1.29, 1.82) is 0 Å². The molecule has 2 aliphatic heterocycles. The van der Waals surface area contributed by atoms with E-state index in [9.17, 15) is 28.8 Å². The van der Waals surface area contributed by atoms with Crippen molar-refractivity contribution < 1.29 is 80.9 Å². The van der Waals surface area contributed by atoms with Crippen molar-refractivity contribution in [2.75, 3.05) is 165 Å². The number of benzene rings is 1. The summed E-state index contributed by atoms with van der Waals surface area (Å²) in [6.07, 6.45) is 8.49. The number of aliphatic imine (C=N–C) groups is 1. The number of amides is 6. The number of alkyl carbamates (subject to hydrolysis) is 1. The molecule has 2 aliphatic rings. The number of imide groups is 1. The first-order chi connectivity index (χ1) is 39.4. The molecule has 1 aromatic heterocycles. The molecule has 0 aliphatic carbocycles. The maximum absolute atomic E-state index is 13.7. The zero-order valence-corrected chi connectivity index (χ0v) is 47.2. The average Bonchev–Trinajstić information content (AvgIpc) is 3.68. The number of hydrogen-bond donors (Lipinski definition) is 4. The lowest BCUT2D eigenvalue weighted by molar-refractivity contribution is -0.141. The summed E-state index contributed by atoms with van der Waals surface area (Å²) in [5, 5.41) is 8.13. The first kappa shape index (κ1) is 67.2. The van der Waals surface area contributed by atoms with Crippen molar-refractivity contribution in [2.24, 2.45) is 10.7 Å². The molecular weight excluding hydrogens is 1060 g/mol. The van der Waals surface area contributed by atoms with E-state index in [4.69, 9.17) is 57.8 Å². The normalized spacial score (nSPS) is 13.0. The van der Waals surface area contributed by atoms with E-state index in [0.717, 1.165) is 40.2 Å². The molecule has 0 fully saturated rings. The van der Waals surface area contributed by atoms with Gasteiger partial charge in [-0.1, -0.05) is 19.1 Å². The van der Waals surface area contributed by atoms with E-state index in [1.165, 1.54) is 0 Å². The van der Waals surface area contributed by atoms with Crippen molar-refractivity contribution in [3.05, 3.63) is 59.7 Å². The van der Waals surface area contributed by atoms with Crippen LogP contribution in [-0.4, -0.2) is 232 Å². The lowest BCUT2D eigenvalue weighted by Gasteiger charge is -2.23. The zero-order chi connectivity index (χ0) is 58.1. The summed E-state index contributed by atoms with van der Waals surface area (Å²) >= 11 is 0. The molecule has 0 unspecified atom stereocenters. The lowest BCUT2D eigenvalue weighted by Crippen LogP contribution is -2.41. The summed E-state index contributed by atoms with van der Waals surface area (Å²) < 4.78 is 60.0. The van der Waals surface area contributed by atoms with Crippen LogP contribution in [0.2, 0.25) is 0 Å². The van der Waals surface area contributed by atoms with Crippen LogP contribution in [-0.2, 0) is 82.6 Å². The van der Waals surface area contributed by atoms with Crippen molar-refractivity contribution in [3.8, 4) is 11.1 Å². The van der Waals surface area contributed by atoms with Gasteiger partial charge in [0.1, 0.15) is 18.2 Å². The molecule has 4 rings (SSSR count). The summed E-state index contributed by atoms with van der Waals surface area (Å²) in [6.45, 7) is 15.0. The Hall–Kier alpha value is -6.33. The molecule has 3 heterocycles. The molecule has 0 spiro atoms. The summed E-state index contributed by atoms with van der Waals surface area (Å²) in [5.74, 6) is -0.989. The molecule has 26 nitrogen and oxygen atoms in total. The lowest BCUT2D eigenvalue weighted by atomic mass is 10.0. The number of aromatic nitrogens is 2. The van der Waals surface area contributed by atoms with Gasteiger partial charge in [-0.2, -0.15) is 0 Å². The van der Waals surface area contributed by atoms with Gasteiger partial charge < -0.3 is 78.7 Å². The predicted molar refractivity (Wildman–Crippen MR) is 296 cm³/mol. The van der Waals surface area contributed by atoms with Crippen LogP contribution in [0.1, 0.15) is 57.8 Å². The van der Waals surface area contributed by atoms with Crippen LogP contribution >= 0.6 is 0 Å². The van der Waals surface area contributed by atoms with Crippen molar-refractivity contribution >= 4 is 53.2 Å². The minimum Gasteiger partial charge on any atom is -0.447 e. The van der Waals surface area contributed by atoms with Crippen LogP contribution in [0.3, 0.4) is 0 Å². The number of hydrogen-bond acceptors (Lipinski definition) is 21. The Labute approximate surface area is 474 Å². The minimum atomic E-state index is -0.501. The quantitative estimate of drug-likeness (QED) is 0.0543. The summed E-state index contributed by atoms with van der Waals surface area (Å²) in [5.41, 5.74) is 9.80. The molecule has 450 valence electrons. The van der Waals surface area contributed by atoms with Gasteiger partial charge in [-0.3, -0.25) is 28.9 Å². The Morgan fingerprint density at radius 2 is 1.14 bits per heavy atom.